The van der Waals surface area contributed by atoms with Gasteiger partial charge < -0.3 is 0 Å². The molecule has 0 aliphatic rings. The van der Waals surface area contributed by atoms with Crippen LogP contribution in [0.1, 0.15) is 28.7 Å². The lowest BCUT2D eigenvalue weighted by atomic mass is 9.95. The molecule has 0 aromatic heterocycles. The number of allylic oxidation sites excluding steroid dienone is 1. The van der Waals surface area contributed by atoms with Crippen LogP contribution in [0.5, 0.6) is 0 Å². The molecule has 0 fully saturated rings. The second-order valence-corrected chi connectivity index (χ2v) is 5.79. The molecule has 0 spiro atoms. The number of benzene rings is 2. The minimum atomic E-state index is 0.528. The highest BCUT2D eigenvalue weighted by atomic mass is 35.5. The lowest BCUT2D eigenvalue weighted by Crippen LogP contribution is -1.93. The van der Waals surface area contributed by atoms with E-state index in [1.807, 2.05) is 0 Å². The molecule has 0 radical (unpaired) electrons. The van der Waals surface area contributed by atoms with E-state index in [1.54, 1.807) is 0 Å². The van der Waals surface area contributed by atoms with Gasteiger partial charge in [0.05, 0.1) is 0 Å². The molecule has 2 heteroatoms. The van der Waals surface area contributed by atoms with E-state index in [1.165, 1.54) is 11.1 Å². The molecule has 0 bridgehead atoms. The fourth-order valence-electron chi connectivity index (χ4n) is 2.13. The second-order valence-electron chi connectivity index (χ2n) is 4.95. The normalized spacial score (nSPS) is 10.4. The van der Waals surface area contributed by atoms with E-state index in [-0.39, 0.29) is 0 Å². The third-order valence-electron chi connectivity index (χ3n) is 3.27. The maximum atomic E-state index is 6.49. The Morgan fingerprint density at radius 3 is 1.55 bits per heavy atom. The van der Waals surface area contributed by atoms with Crippen molar-refractivity contribution < 1.29 is 0 Å². The molecule has 20 heavy (non-hydrogen) atoms. The first-order valence-electron chi connectivity index (χ1n) is 6.70. The molecule has 0 saturated heterocycles. The van der Waals surface area contributed by atoms with Crippen LogP contribution in [0.4, 0.5) is 0 Å². The van der Waals surface area contributed by atoms with Crippen molar-refractivity contribution in [1.29, 1.82) is 0 Å². The van der Waals surface area contributed by atoms with Gasteiger partial charge in [0.1, 0.15) is 0 Å². The molecule has 0 atom stereocenters. The van der Waals surface area contributed by atoms with E-state index in [4.69, 9.17) is 23.2 Å². The second kappa shape index (κ2) is 6.97. The molecule has 0 aliphatic heterocycles. The van der Waals surface area contributed by atoms with Crippen LogP contribution in [0.3, 0.4) is 0 Å². The van der Waals surface area contributed by atoms with Crippen LogP contribution in [0, 0.1) is 13.8 Å². The number of aryl methyl sites for hydroxylation is 2. The lowest BCUT2D eigenvalue weighted by molar-refractivity contribution is 1.20. The number of rotatable bonds is 4. The molecular formula is C18H18Cl2. The molecule has 0 N–H and O–H groups in total. The van der Waals surface area contributed by atoms with E-state index in [9.17, 15) is 0 Å². The lowest BCUT2D eigenvalue weighted by Gasteiger charge is -2.12. The topological polar surface area (TPSA) is 0 Å². The summed E-state index contributed by atoms with van der Waals surface area (Å²) in [5.41, 5.74) is 5.83. The summed E-state index contributed by atoms with van der Waals surface area (Å²) in [4.78, 5) is 0. The Bertz CT molecular complexity index is 545. The van der Waals surface area contributed by atoms with Crippen LogP contribution >= 0.6 is 23.2 Å². The highest BCUT2D eigenvalue weighted by Crippen LogP contribution is 2.31. The van der Waals surface area contributed by atoms with E-state index >= 15 is 0 Å². The Morgan fingerprint density at radius 2 is 1.20 bits per heavy atom. The summed E-state index contributed by atoms with van der Waals surface area (Å²) >= 11 is 12.3. The molecule has 2 rings (SSSR count). The maximum absolute atomic E-state index is 6.49. The predicted molar refractivity (Wildman–Crippen MR) is 89.6 cm³/mol. The van der Waals surface area contributed by atoms with Crippen molar-refractivity contribution in [2.75, 3.05) is 5.88 Å². The number of hydrogen-bond acceptors (Lipinski definition) is 0. The van der Waals surface area contributed by atoms with Gasteiger partial charge in [0.25, 0.3) is 0 Å². The Hall–Kier alpha value is -1.24. The first-order chi connectivity index (χ1) is 9.61. The highest BCUT2D eigenvalue weighted by Gasteiger charge is 2.10. The standard InChI is InChI=1S/C18H18Cl2/c1-13-3-7-15(8-4-13)18(17(20)11-12-19)16-9-5-14(2)6-10-16/h3-10H,11-12H2,1-2H3. The van der Waals surface area contributed by atoms with Crippen molar-refractivity contribution in [2.45, 2.75) is 20.3 Å². The number of alkyl halides is 1. The third kappa shape index (κ3) is 3.65. The van der Waals surface area contributed by atoms with Crippen molar-refractivity contribution in [1.82, 2.24) is 0 Å². The molecule has 0 saturated carbocycles. The van der Waals surface area contributed by atoms with E-state index in [2.05, 4.69) is 62.4 Å². The molecule has 104 valence electrons. The summed E-state index contributed by atoms with van der Waals surface area (Å²) in [6.07, 6.45) is 0.681. The zero-order valence-electron chi connectivity index (χ0n) is 11.8. The van der Waals surface area contributed by atoms with Crippen molar-refractivity contribution in [2.24, 2.45) is 0 Å². The quantitative estimate of drug-likeness (QED) is 0.614. The molecule has 2 aromatic rings. The van der Waals surface area contributed by atoms with Gasteiger partial charge in [0.15, 0.2) is 0 Å². The Morgan fingerprint density at radius 1 is 0.800 bits per heavy atom. The number of hydrogen-bond donors (Lipinski definition) is 0. The van der Waals surface area contributed by atoms with Crippen molar-refractivity contribution in [3.8, 4) is 0 Å². The minimum absolute atomic E-state index is 0.528. The van der Waals surface area contributed by atoms with Gasteiger partial charge in [-0.1, -0.05) is 71.3 Å². The van der Waals surface area contributed by atoms with E-state index in [0.29, 0.717) is 12.3 Å². The van der Waals surface area contributed by atoms with Crippen LogP contribution in [0.2, 0.25) is 0 Å². The van der Waals surface area contributed by atoms with Crippen LogP contribution in [0.25, 0.3) is 5.57 Å². The highest BCUT2D eigenvalue weighted by molar-refractivity contribution is 6.34. The minimum Gasteiger partial charge on any atom is -0.126 e. The van der Waals surface area contributed by atoms with Gasteiger partial charge in [-0.05, 0) is 31.4 Å². The van der Waals surface area contributed by atoms with Crippen LogP contribution in [-0.2, 0) is 0 Å². The van der Waals surface area contributed by atoms with Crippen molar-refractivity contribution in [3.63, 3.8) is 0 Å². The fourth-order valence-corrected chi connectivity index (χ4v) is 2.73. The van der Waals surface area contributed by atoms with Gasteiger partial charge in [0, 0.05) is 16.5 Å². The molecular weight excluding hydrogens is 287 g/mol. The van der Waals surface area contributed by atoms with Crippen LogP contribution in [0.15, 0.2) is 53.6 Å². The monoisotopic (exact) mass is 304 g/mol. The van der Waals surface area contributed by atoms with E-state index < -0.39 is 0 Å². The van der Waals surface area contributed by atoms with Crippen LogP contribution in [-0.4, -0.2) is 5.88 Å². The van der Waals surface area contributed by atoms with Gasteiger partial charge in [-0.15, -0.1) is 11.6 Å². The van der Waals surface area contributed by atoms with Gasteiger partial charge >= 0.3 is 0 Å². The number of halogens is 2. The fraction of sp³-hybridized carbons (Fsp3) is 0.222. The molecule has 2 aromatic carbocycles. The van der Waals surface area contributed by atoms with Crippen molar-refractivity contribution in [3.05, 3.63) is 75.8 Å². The van der Waals surface area contributed by atoms with Gasteiger partial charge in [-0.25, -0.2) is 0 Å². The summed E-state index contributed by atoms with van der Waals surface area (Å²) in [5.74, 6) is 0.528. The molecule has 0 aliphatic carbocycles. The largest absolute Gasteiger partial charge is 0.126 e. The average molecular weight is 305 g/mol. The van der Waals surface area contributed by atoms with Crippen molar-refractivity contribution >= 4 is 28.8 Å². The summed E-state index contributed by atoms with van der Waals surface area (Å²) in [7, 11) is 0. The zero-order chi connectivity index (χ0) is 14.5. The molecule has 0 heterocycles. The molecule has 0 nitrogen and oxygen atoms in total. The first kappa shape index (κ1) is 15.2. The van der Waals surface area contributed by atoms with Gasteiger partial charge in [-0.3, -0.25) is 0 Å². The first-order valence-corrected chi connectivity index (χ1v) is 7.62. The average Bonchev–Trinajstić information content (AvgIpc) is 2.44. The van der Waals surface area contributed by atoms with Crippen LogP contribution < -0.4 is 0 Å². The smallest absolute Gasteiger partial charge is 0.0277 e. The summed E-state index contributed by atoms with van der Waals surface area (Å²) in [6, 6.07) is 16.9. The maximum Gasteiger partial charge on any atom is 0.0277 e. The summed E-state index contributed by atoms with van der Waals surface area (Å²) < 4.78 is 0. The predicted octanol–water partition coefficient (Wildman–Crippen LogP) is 5.93. The molecule has 0 amide bonds. The Labute approximate surface area is 131 Å². The summed E-state index contributed by atoms with van der Waals surface area (Å²) in [5, 5.41) is 0.813. The third-order valence-corrected chi connectivity index (χ3v) is 3.83. The zero-order valence-corrected chi connectivity index (χ0v) is 13.3. The Kier molecular flexibility index (Phi) is 5.28. The van der Waals surface area contributed by atoms with Gasteiger partial charge in [-0.2, -0.15) is 0 Å². The van der Waals surface area contributed by atoms with E-state index in [0.717, 1.165) is 21.7 Å². The SMILES string of the molecule is Cc1ccc(C(=C(Cl)CCCl)c2ccc(C)cc2)cc1. The Balaban J connectivity index is 2.53. The van der Waals surface area contributed by atoms with Gasteiger partial charge in [0.2, 0.25) is 0 Å². The summed E-state index contributed by atoms with van der Waals surface area (Å²) in [6.45, 7) is 4.17. The molecule has 0 unspecified atom stereocenters.